The summed E-state index contributed by atoms with van der Waals surface area (Å²) in [5.74, 6) is 0.778. The lowest BCUT2D eigenvalue weighted by Crippen LogP contribution is -2.52. The lowest BCUT2D eigenvalue weighted by Gasteiger charge is -2.35. The zero-order valence-corrected chi connectivity index (χ0v) is 16.7. The number of likely N-dealkylation sites (tertiary alicyclic amines) is 1. The first-order valence-corrected chi connectivity index (χ1v) is 9.86. The summed E-state index contributed by atoms with van der Waals surface area (Å²) >= 11 is 0. The van der Waals surface area contributed by atoms with E-state index < -0.39 is 0 Å². The summed E-state index contributed by atoms with van der Waals surface area (Å²) in [4.78, 5) is 27.0. The molecule has 2 fully saturated rings. The van der Waals surface area contributed by atoms with Gasteiger partial charge in [0.05, 0.1) is 5.92 Å². The largest absolute Gasteiger partial charge is 0.352 e. The number of hydrogen-bond donors (Lipinski definition) is 2. The van der Waals surface area contributed by atoms with E-state index in [9.17, 15) is 9.59 Å². The fraction of sp³-hybridized carbons (Fsp3) is 0.895. The molecule has 0 aromatic heterocycles. The number of nitrogens with zero attached hydrogens (tertiary/aromatic N) is 1. The van der Waals surface area contributed by atoms with Crippen molar-refractivity contribution in [3.8, 4) is 0 Å². The Labute approximate surface area is 158 Å². The molecular weight excluding hydrogens is 338 g/mol. The van der Waals surface area contributed by atoms with Crippen molar-refractivity contribution in [2.75, 3.05) is 19.6 Å². The lowest BCUT2D eigenvalue weighted by molar-refractivity contribution is -0.139. The van der Waals surface area contributed by atoms with Gasteiger partial charge in [-0.3, -0.25) is 9.59 Å². The summed E-state index contributed by atoms with van der Waals surface area (Å²) in [6, 6.07) is 0.0958. The number of carbonyl (C=O) groups is 2. The van der Waals surface area contributed by atoms with Crippen molar-refractivity contribution in [3.05, 3.63) is 0 Å². The van der Waals surface area contributed by atoms with Crippen molar-refractivity contribution < 1.29 is 9.59 Å². The maximum atomic E-state index is 12.7. The first-order chi connectivity index (χ1) is 11.6. The second kappa shape index (κ2) is 11.0. The van der Waals surface area contributed by atoms with Crippen LogP contribution in [0.3, 0.4) is 0 Å². The van der Waals surface area contributed by atoms with Gasteiger partial charge in [-0.25, -0.2) is 0 Å². The van der Waals surface area contributed by atoms with Crippen LogP contribution in [0.2, 0.25) is 0 Å². The van der Waals surface area contributed by atoms with E-state index in [4.69, 9.17) is 5.73 Å². The average molecular weight is 374 g/mol. The average Bonchev–Trinajstić information content (AvgIpc) is 2.65. The van der Waals surface area contributed by atoms with E-state index in [1.54, 1.807) is 0 Å². The first kappa shape index (κ1) is 22.2. The van der Waals surface area contributed by atoms with Crippen molar-refractivity contribution in [1.82, 2.24) is 10.2 Å². The van der Waals surface area contributed by atoms with Gasteiger partial charge in [0.2, 0.25) is 11.8 Å². The molecule has 25 heavy (non-hydrogen) atoms. The minimum absolute atomic E-state index is 0. The highest BCUT2D eigenvalue weighted by Crippen LogP contribution is 2.27. The van der Waals surface area contributed by atoms with Crippen molar-refractivity contribution in [1.29, 1.82) is 0 Å². The van der Waals surface area contributed by atoms with Crippen LogP contribution in [-0.4, -0.2) is 42.4 Å². The number of rotatable bonds is 6. The number of nitrogens with two attached hydrogens (primary N) is 1. The molecule has 6 heteroatoms. The van der Waals surface area contributed by atoms with Gasteiger partial charge < -0.3 is 16.0 Å². The summed E-state index contributed by atoms with van der Waals surface area (Å²) in [5.41, 5.74) is 5.94. The molecule has 3 N–H and O–H groups in total. The Morgan fingerprint density at radius 3 is 2.44 bits per heavy atom. The standard InChI is InChI=1S/C19H35N3O2.ClH/c1-3-14(2)19(24)22-11-7-10-16(13-22)18(23)21-17(12-20)15-8-5-4-6-9-15;/h14-17H,3-13,20H2,1-2H3,(H,21,23);1H. The summed E-state index contributed by atoms with van der Waals surface area (Å²) in [6.45, 7) is 5.87. The molecule has 2 aliphatic rings. The highest BCUT2D eigenvalue weighted by molar-refractivity contribution is 5.85. The van der Waals surface area contributed by atoms with Crippen molar-refractivity contribution in [3.63, 3.8) is 0 Å². The van der Waals surface area contributed by atoms with E-state index in [0.717, 1.165) is 25.8 Å². The molecule has 0 aromatic carbocycles. The van der Waals surface area contributed by atoms with E-state index in [2.05, 4.69) is 5.32 Å². The molecule has 3 atom stereocenters. The minimum atomic E-state index is -0.0793. The number of piperidine rings is 1. The predicted molar refractivity (Wildman–Crippen MR) is 104 cm³/mol. The quantitative estimate of drug-likeness (QED) is 0.751. The third-order valence-corrected chi connectivity index (χ3v) is 5.94. The zero-order valence-electron chi connectivity index (χ0n) is 15.8. The highest BCUT2D eigenvalue weighted by Gasteiger charge is 2.32. The predicted octanol–water partition coefficient (Wildman–Crippen LogP) is 2.72. The molecule has 2 amide bonds. The van der Waals surface area contributed by atoms with Gasteiger partial charge in [-0.1, -0.05) is 33.1 Å². The number of hydrogen-bond acceptors (Lipinski definition) is 3. The minimum Gasteiger partial charge on any atom is -0.352 e. The van der Waals surface area contributed by atoms with E-state index in [0.29, 0.717) is 19.0 Å². The molecule has 0 radical (unpaired) electrons. The Hall–Kier alpha value is -0.810. The van der Waals surface area contributed by atoms with Gasteiger partial charge in [-0.05, 0) is 38.0 Å². The fourth-order valence-electron chi connectivity index (χ4n) is 4.08. The van der Waals surface area contributed by atoms with Gasteiger partial charge in [-0.15, -0.1) is 12.4 Å². The van der Waals surface area contributed by atoms with Crippen LogP contribution in [0.1, 0.15) is 65.2 Å². The second-order valence-electron chi connectivity index (χ2n) is 7.68. The molecule has 1 heterocycles. The number of nitrogens with one attached hydrogen (secondary N) is 1. The first-order valence-electron chi connectivity index (χ1n) is 9.86. The van der Waals surface area contributed by atoms with Gasteiger partial charge >= 0.3 is 0 Å². The number of carbonyl (C=O) groups excluding carboxylic acids is 2. The van der Waals surface area contributed by atoms with Gasteiger partial charge in [0.15, 0.2) is 0 Å². The van der Waals surface area contributed by atoms with Crippen molar-refractivity contribution in [2.45, 2.75) is 71.3 Å². The fourth-order valence-corrected chi connectivity index (χ4v) is 4.08. The molecule has 0 aromatic rings. The van der Waals surface area contributed by atoms with Gasteiger partial charge in [0.25, 0.3) is 0 Å². The van der Waals surface area contributed by atoms with E-state index in [1.807, 2.05) is 18.7 Å². The molecule has 1 aliphatic carbocycles. The summed E-state index contributed by atoms with van der Waals surface area (Å²) in [7, 11) is 0. The monoisotopic (exact) mass is 373 g/mol. The van der Waals surface area contributed by atoms with E-state index in [1.165, 1.54) is 32.1 Å². The molecule has 146 valence electrons. The van der Waals surface area contributed by atoms with Gasteiger partial charge in [-0.2, -0.15) is 0 Å². The van der Waals surface area contributed by atoms with Crippen LogP contribution >= 0.6 is 12.4 Å². The van der Waals surface area contributed by atoms with Crippen LogP contribution in [0.25, 0.3) is 0 Å². The van der Waals surface area contributed by atoms with Crippen LogP contribution in [0, 0.1) is 17.8 Å². The van der Waals surface area contributed by atoms with Crippen LogP contribution in [0.15, 0.2) is 0 Å². The number of halogens is 1. The summed E-state index contributed by atoms with van der Waals surface area (Å²) < 4.78 is 0. The molecule has 1 saturated heterocycles. The Morgan fingerprint density at radius 2 is 1.84 bits per heavy atom. The van der Waals surface area contributed by atoms with Crippen LogP contribution in [-0.2, 0) is 9.59 Å². The zero-order chi connectivity index (χ0) is 17.5. The van der Waals surface area contributed by atoms with E-state index in [-0.39, 0.29) is 42.1 Å². The van der Waals surface area contributed by atoms with Crippen molar-refractivity contribution >= 4 is 24.2 Å². The van der Waals surface area contributed by atoms with Gasteiger partial charge in [0, 0.05) is 31.6 Å². The normalized spacial score (nSPS) is 24.1. The van der Waals surface area contributed by atoms with E-state index >= 15 is 0 Å². The molecule has 0 bridgehead atoms. The maximum absolute atomic E-state index is 12.7. The van der Waals surface area contributed by atoms with Crippen molar-refractivity contribution in [2.24, 2.45) is 23.5 Å². The molecule has 5 nitrogen and oxygen atoms in total. The Bertz CT molecular complexity index is 427. The summed E-state index contributed by atoms with van der Waals surface area (Å²) in [6.07, 6.45) is 8.78. The Balaban J connectivity index is 0.00000312. The third-order valence-electron chi connectivity index (χ3n) is 5.94. The van der Waals surface area contributed by atoms with Crippen LogP contribution < -0.4 is 11.1 Å². The lowest BCUT2D eigenvalue weighted by atomic mass is 9.83. The molecule has 1 saturated carbocycles. The Kier molecular flexibility index (Phi) is 9.80. The SMILES string of the molecule is CCC(C)C(=O)N1CCCC(C(=O)NC(CN)C2CCCCC2)C1.Cl. The maximum Gasteiger partial charge on any atom is 0.225 e. The molecule has 3 unspecified atom stereocenters. The smallest absolute Gasteiger partial charge is 0.225 e. The number of amides is 2. The molecule has 1 aliphatic heterocycles. The summed E-state index contributed by atoms with van der Waals surface area (Å²) in [5, 5.41) is 3.21. The highest BCUT2D eigenvalue weighted by atomic mass is 35.5. The molecular formula is C19H36ClN3O2. The third kappa shape index (κ3) is 6.14. The molecule has 2 rings (SSSR count). The second-order valence-corrected chi connectivity index (χ2v) is 7.68. The topological polar surface area (TPSA) is 75.4 Å². The molecule has 0 spiro atoms. The van der Waals surface area contributed by atoms with Crippen LogP contribution in [0.4, 0.5) is 0 Å². The van der Waals surface area contributed by atoms with Crippen LogP contribution in [0.5, 0.6) is 0 Å². The van der Waals surface area contributed by atoms with Gasteiger partial charge in [0.1, 0.15) is 0 Å². The Morgan fingerprint density at radius 1 is 1.16 bits per heavy atom.